The van der Waals surface area contributed by atoms with Gasteiger partial charge in [-0.3, -0.25) is 0 Å². The highest BCUT2D eigenvalue weighted by Crippen LogP contribution is 2.04. The van der Waals surface area contributed by atoms with E-state index in [9.17, 15) is 0 Å². The Kier molecular flexibility index (Phi) is 8.94. The number of alkyl halides is 1. The lowest BCUT2D eigenvalue weighted by Gasteiger charge is -2.16. The van der Waals surface area contributed by atoms with E-state index in [0.29, 0.717) is 4.83 Å². The van der Waals surface area contributed by atoms with E-state index >= 15 is 0 Å². The maximum Gasteiger partial charge on any atom is 0.0129 e. The van der Waals surface area contributed by atoms with Crippen molar-refractivity contribution < 1.29 is 0 Å². The van der Waals surface area contributed by atoms with E-state index in [1.807, 2.05) is 11.8 Å². The first kappa shape index (κ1) is 12.8. The van der Waals surface area contributed by atoms with Crippen LogP contribution in [0.15, 0.2) is 0 Å². The van der Waals surface area contributed by atoms with Crippen LogP contribution in [0, 0.1) is 0 Å². The van der Waals surface area contributed by atoms with Gasteiger partial charge in [0.1, 0.15) is 0 Å². The van der Waals surface area contributed by atoms with Gasteiger partial charge in [0, 0.05) is 4.83 Å². The minimum absolute atomic E-state index is 0.653. The summed E-state index contributed by atoms with van der Waals surface area (Å²) in [7, 11) is 2.20. The van der Waals surface area contributed by atoms with Gasteiger partial charge in [0.25, 0.3) is 0 Å². The minimum Gasteiger partial charge on any atom is -0.306 e. The molecule has 0 aromatic carbocycles. The van der Waals surface area contributed by atoms with Gasteiger partial charge in [-0.05, 0) is 45.0 Å². The fourth-order valence-corrected chi connectivity index (χ4v) is 1.61. The second-order valence-corrected chi connectivity index (χ2v) is 5.77. The number of halogens is 1. The summed E-state index contributed by atoms with van der Waals surface area (Å²) in [5.74, 6) is 1.29. The SMILES string of the molecule is CSCCCN(C)CCC(C)Br. The molecule has 1 atom stereocenters. The summed E-state index contributed by atoms with van der Waals surface area (Å²) in [5, 5.41) is 0. The van der Waals surface area contributed by atoms with Crippen LogP contribution >= 0.6 is 27.7 Å². The van der Waals surface area contributed by atoms with Crippen molar-refractivity contribution in [2.24, 2.45) is 0 Å². The Hall–Kier alpha value is 0.790. The molecule has 0 aliphatic rings. The van der Waals surface area contributed by atoms with Crippen LogP contribution in [-0.4, -0.2) is 41.9 Å². The van der Waals surface area contributed by atoms with Crippen molar-refractivity contribution >= 4 is 27.7 Å². The highest BCUT2D eigenvalue weighted by molar-refractivity contribution is 9.09. The zero-order chi connectivity index (χ0) is 9.40. The molecular formula is C9H20BrNS. The van der Waals surface area contributed by atoms with E-state index in [2.05, 4.69) is 41.1 Å². The topological polar surface area (TPSA) is 3.24 Å². The second kappa shape index (κ2) is 8.39. The first-order chi connectivity index (χ1) is 5.66. The fraction of sp³-hybridized carbons (Fsp3) is 1.00. The van der Waals surface area contributed by atoms with Gasteiger partial charge in [-0.2, -0.15) is 11.8 Å². The van der Waals surface area contributed by atoms with E-state index in [4.69, 9.17) is 0 Å². The third-order valence-electron chi connectivity index (χ3n) is 1.80. The van der Waals surface area contributed by atoms with Crippen LogP contribution in [0.1, 0.15) is 19.8 Å². The molecule has 0 radical (unpaired) electrons. The van der Waals surface area contributed by atoms with Crippen molar-refractivity contribution in [1.29, 1.82) is 0 Å². The summed E-state index contributed by atoms with van der Waals surface area (Å²) in [5.41, 5.74) is 0. The molecule has 0 bridgehead atoms. The molecule has 0 N–H and O–H groups in total. The monoisotopic (exact) mass is 253 g/mol. The highest BCUT2D eigenvalue weighted by atomic mass is 79.9. The lowest BCUT2D eigenvalue weighted by Crippen LogP contribution is -2.22. The molecule has 0 fully saturated rings. The quantitative estimate of drug-likeness (QED) is 0.507. The maximum atomic E-state index is 3.55. The molecule has 0 spiro atoms. The molecule has 0 aromatic rings. The molecule has 74 valence electrons. The Balaban J connectivity index is 3.15. The van der Waals surface area contributed by atoms with Crippen LogP contribution in [0.2, 0.25) is 0 Å². The predicted molar refractivity (Wildman–Crippen MR) is 63.5 cm³/mol. The van der Waals surface area contributed by atoms with Crippen LogP contribution in [-0.2, 0) is 0 Å². The first-order valence-corrected chi connectivity index (χ1v) is 6.79. The van der Waals surface area contributed by atoms with Crippen molar-refractivity contribution in [3.63, 3.8) is 0 Å². The van der Waals surface area contributed by atoms with E-state index < -0.39 is 0 Å². The molecule has 0 heterocycles. The second-order valence-electron chi connectivity index (χ2n) is 3.22. The molecule has 1 unspecified atom stereocenters. The summed E-state index contributed by atoms with van der Waals surface area (Å²) >= 11 is 5.49. The van der Waals surface area contributed by atoms with Gasteiger partial charge in [-0.15, -0.1) is 0 Å². The van der Waals surface area contributed by atoms with Crippen LogP contribution in [0.5, 0.6) is 0 Å². The van der Waals surface area contributed by atoms with Gasteiger partial charge in [-0.25, -0.2) is 0 Å². The molecule has 0 aliphatic carbocycles. The number of thioether (sulfide) groups is 1. The number of nitrogens with zero attached hydrogens (tertiary/aromatic N) is 1. The third-order valence-corrected chi connectivity index (χ3v) is 2.95. The molecule has 0 aromatic heterocycles. The summed E-state index contributed by atoms with van der Waals surface area (Å²) in [6.07, 6.45) is 4.73. The van der Waals surface area contributed by atoms with Gasteiger partial charge < -0.3 is 4.90 Å². The molecule has 0 rings (SSSR count). The van der Waals surface area contributed by atoms with Crippen LogP contribution in [0.25, 0.3) is 0 Å². The van der Waals surface area contributed by atoms with Crippen LogP contribution < -0.4 is 0 Å². The fourth-order valence-electron chi connectivity index (χ4n) is 0.989. The van der Waals surface area contributed by atoms with E-state index in [1.54, 1.807) is 0 Å². The van der Waals surface area contributed by atoms with Crippen molar-refractivity contribution in [2.75, 3.05) is 32.1 Å². The molecule has 3 heteroatoms. The number of hydrogen-bond acceptors (Lipinski definition) is 2. The Labute approximate surface area is 89.4 Å². The Bertz CT molecular complexity index is 98.5. The smallest absolute Gasteiger partial charge is 0.0129 e. The first-order valence-electron chi connectivity index (χ1n) is 4.48. The van der Waals surface area contributed by atoms with Crippen LogP contribution in [0.4, 0.5) is 0 Å². The number of hydrogen-bond donors (Lipinski definition) is 0. The van der Waals surface area contributed by atoms with Gasteiger partial charge in [0.05, 0.1) is 0 Å². The van der Waals surface area contributed by atoms with Gasteiger partial charge in [-0.1, -0.05) is 22.9 Å². The molecular weight excluding hydrogens is 234 g/mol. The lowest BCUT2D eigenvalue weighted by atomic mass is 10.3. The predicted octanol–water partition coefficient (Wildman–Crippen LogP) is 2.84. The lowest BCUT2D eigenvalue weighted by molar-refractivity contribution is 0.332. The maximum absolute atomic E-state index is 3.55. The summed E-state index contributed by atoms with van der Waals surface area (Å²) < 4.78 is 0. The zero-order valence-corrected chi connectivity index (χ0v) is 10.7. The van der Waals surface area contributed by atoms with E-state index in [0.717, 1.165) is 0 Å². The molecule has 12 heavy (non-hydrogen) atoms. The average molecular weight is 254 g/mol. The Morgan fingerprint density at radius 2 is 2.08 bits per heavy atom. The van der Waals surface area contributed by atoms with Crippen LogP contribution in [0.3, 0.4) is 0 Å². The largest absolute Gasteiger partial charge is 0.306 e. The number of rotatable bonds is 7. The molecule has 0 saturated carbocycles. The summed E-state index contributed by atoms with van der Waals surface area (Å²) in [6, 6.07) is 0. The van der Waals surface area contributed by atoms with E-state index in [-0.39, 0.29) is 0 Å². The van der Waals surface area contributed by atoms with Crippen molar-refractivity contribution in [3.05, 3.63) is 0 Å². The van der Waals surface area contributed by atoms with Crippen molar-refractivity contribution in [3.8, 4) is 0 Å². The standard InChI is InChI=1S/C9H20BrNS/c1-9(10)5-7-11(2)6-4-8-12-3/h9H,4-8H2,1-3H3. The zero-order valence-electron chi connectivity index (χ0n) is 8.35. The van der Waals surface area contributed by atoms with Gasteiger partial charge in [0.2, 0.25) is 0 Å². The van der Waals surface area contributed by atoms with E-state index in [1.165, 1.54) is 31.7 Å². The highest BCUT2D eigenvalue weighted by Gasteiger charge is 2.00. The molecule has 0 aliphatic heterocycles. The molecule has 0 amide bonds. The minimum atomic E-state index is 0.653. The summed E-state index contributed by atoms with van der Waals surface area (Å²) in [6.45, 7) is 4.65. The Morgan fingerprint density at radius 3 is 2.58 bits per heavy atom. The van der Waals surface area contributed by atoms with Gasteiger partial charge >= 0.3 is 0 Å². The average Bonchev–Trinajstić information content (AvgIpc) is 2.01. The van der Waals surface area contributed by atoms with Crippen molar-refractivity contribution in [1.82, 2.24) is 4.90 Å². The third kappa shape index (κ3) is 8.88. The van der Waals surface area contributed by atoms with Crippen molar-refractivity contribution in [2.45, 2.75) is 24.6 Å². The molecule has 0 saturated heterocycles. The Morgan fingerprint density at radius 1 is 1.42 bits per heavy atom. The van der Waals surface area contributed by atoms with Gasteiger partial charge in [0.15, 0.2) is 0 Å². The normalized spacial score (nSPS) is 13.8. The molecule has 1 nitrogen and oxygen atoms in total. The summed E-state index contributed by atoms with van der Waals surface area (Å²) in [4.78, 5) is 3.06.